The molecule has 0 aliphatic heterocycles. The number of halogens is 1. The average Bonchev–Trinajstić information content (AvgIpc) is 2.53. The van der Waals surface area contributed by atoms with Crippen molar-refractivity contribution >= 4 is 35.0 Å². The first-order valence-electron chi connectivity index (χ1n) is 7.20. The van der Waals surface area contributed by atoms with Crippen LogP contribution in [0, 0.1) is 0 Å². The number of thioether (sulfide) groups is 1. The van der Waals surface area contributed by atoms with Crippen molar-refractivity contribution in [2.45, 2.75) is 36.9 Å². The lowest BCUT2D eigenvalue weighted by Gasteiger charge is -2.35. The molecule has 4 nitrogen and oxygen atoms in total. The quantitative estimate of drug-likeness (QED) is 0.572. The minimum atomic E-state index is -0.135. The summed E-state index contributed by atoms with van der Waals surface area (Å²) in [7, 11) is 0. The fraction of sp³-hybridized carbons (Fsp3) is 0.533. The van der Waals surface area contributed by atoms with Crippen molar-refractivity contribution in [3.8, 4) is 0 Å². The van der Waals surface area contributed by atoms with Crippen molar-refractivity contribution in [3.63, 3.8) is 0 Å². The molecule has 1 amide bonds. The molecular formula is C15H22ClN3OS. The summed E-state index contributed by atoms with van der Waals surface area (Å²) in [6, 6.07) is 5.05. The standard InChI is InChI=1S/C15H22ClN3OS/c1-21-15(7-3-2-4-8-15)10-18-14(20)12-9-11(16)5-6-13(12)19-17/h5-6,9,19H,2-4,7-8,10,17H2,1H3,(H,18,20). The normalized spacial score (nSPS) is 17.3. The predicted molar refractivity (Wildman–Crippen MR) is 90.9 cm³/mol. The third-order valence-electron chi connectivity index (χ3n) is 4.15. The van der Waals surface area contributed by atoms with Crippen molar-refractivity contribution in [2.24, 2.45) is 5.84 Å². The van der Waals surface area contributed by atoms with E-state index in [1.54, 1.807) is 18.2 Å². The highest BCUT2D eigenvalue weighted by Crippen LogP contribution is 2.38. The average molecular weight is 328 g/mol. The number of anilines is 1. The number of benzene rings is 1. The molecule has 0 aromatic heterocycles. The molecule has 116 valence electrons. The number of carbonyl (C=O) groups is 1. The molecule has 4 N–H and O–H groups in total. The third kappa shape index (κ3) is 4.05. The largest absolute Gasteiger partial charge is 0.351 e. The van der Waals surface area contributed by atoms with Crippen molar-refractivity contribution in [1.29, 1.82) is 0 Å². The van der Waals surface area contributed by atoms with Gasteiger partial charge in [-0.2, -0.15) is 11.8 Å². The Kier molecular flexibility index (Phi) is 5.79. The van der Waals surface area contributed by atoms with Crippen LogP contribution in [0.15, 0.2) is 18.2 Å². The van der Waals surface area contributed by atoms with E-state index in [0.717, 1.165) is 12.8 Å². The van der Waals surface area contributed by atoms with Gasteiger partial charge in [-0.25, -0.2) is 0 Å². The SMILES string of the molecule is CSC1(CNC(=O)c2cc(Cl)ccc2NN)CCCCC1. The molecule has 0 spiro atoms. The summed E-state index contributed by atoms with van der Waals surface area (Å²) in [4.78, 5) is 12.4. The number of rotatable bonds is 5. The van der Waals surface area contributed by atoms with Crippen LogP contribution < -0.4 is 16.6 Å². The van der Waals surface area contributed by atoms with Gasteiger partial charge in [0.05, 0.1) is 11.3 Å². The van der Waals surface area contributed by atoms with Crippen LogP contribution in [0.5, 0.6) is 0 Å². The maximum Gasteiger partial charge on any atom is 0.253 e. The molecule has 0 saturated heterocycles. The second-order valence-electron chi connectivity index (χ2n) is 5.46. The minimum absolute atomic E-state index is 0.135. The van der Waals surface area contributed by atoms with Gasteiger partial charge in [-0.05, 0) is 37.3 Å². The number of nitrogens with two attached hydrogens (primary N) is 1. The molecule has 0 atom stereocenters. The Morgan fingerprint density at radius 2 is 2.10 bits per heavy atom. The van der Waals surface area contributed by atoms with E-state index >= 15 is 0 Å². The summed E-state index contributed by atoms with van der Waals surface area (Å²) in [6.07, 6.45) is 8.22. The highest BCUT2D eigenvalue weighted by Gasteiger charge is 2.31. The third-order valence-corrected chi connectivity index (χ3v) is 5.80. The van der Waals surface area contributed by atoms with Gasteiger partial charge in [-0.1, -0.05) is 30.9 Å². The second-order valence-corrected chi connectivity index (χ2v) is 7.18. The summed E-state index contributed by atoms with van der Waals surface area (Å²) >= 11 is 7.83. The van der Waals surface area contributed by atoms with E-state index in [4.69, 9.17) is 17.4 Å². The van der Waals surface area contributed by atoms with Crippen molar-refractivity contribution in [3.05, 3.63) is 28.8 Å². The van der Waals surface area contributed by atoms with Crippen LogP contribution in [0.3, 0.4) is 0 Å². The lowest BCUT2D eigenvalue weighted by molar-refractivity contribution is 0.0947. The van der Waals surface area contributed by atoms with Gasteiger partial charge in [0.25, 0.3) is 5.91 Å². The highest BCUT2D eigenvalue weighted by atomic mass is 35.5. The molecular weight excluding hydrogens is 306 g/mol. The van der Waals surface area contributed by atoms with E-state index in [1.807, 2.05) is 11.8 Å². The zero-order valence-electron chi connectivity index (χ0n) is 12.2. The van der Waals surface area contributed by atoms with Crippen molar-refractivity contribution in [2.75, 3.05) is 18.2 Å². The van der Waals surface area contributed by atoms with Crippen LogP contribution in [0.2, 0.25) is 5.02 Å². The Morgan fingerprint density at radius 3 is 2.71 bits per heavy atom. The van der Waals surface area contributed by atoms with E-state index in [1.165, 1.54) is 19.3 Å². The van der Waals surface area contributed by atoms with Gasteiger partial charge in [0, 0.05) is 16.3 Å². The molecule has 0 radical (unpaired) electrons. The number of nitrogen functional groups attached to an aromatic ring is 1. The van der Waals surface area contributed by atoms with Gasteiger partial charge in [-0.3, -0.25) is 10.6 Å². The van der Waals surface area contributed by atoms with Crippen LogP contribution in [0.4, 0.5) is 5.69 Å². The molecule has 1 aromatic rings. The molecule has 1 aliphatic carbocycles. The van der Waals surface area contributed by atoms with Gasteiger partial charge >= 0.3 is 0 Å². The zero-order chi connectivity index (χ0) is 15.3. The zero-order valence-corrected chi connectivity index (χ0v) is 13.8. The van der Waals surface area contributed by atoms with E-state index in [9.17, 15) is 4.79 Å². The van der Waals surface area contributed by atoms with Crippen LogP contribution in [-0.2, 0) is 0 Å². The molecule has 0 unspecified atom stereocenters. The molecule has 1 fully saturated rings. The lowest BCUT2D eigenvalue weighted by atomic mass is 9.88. The van der Waals surface area contributed by atoms with Gasteiger partial charge in [-0.15, -0.1) is 0 Å². The topological polar surface area (TPSA) is 67.2 Å². The fourth-order valence-corrected chi connectivity index (χ4v) is 3.90. The van der Waals surface area contributed by atoms with E-state index in [2.05, 4.69) is 17.0 Å². The maximum atomic E-state index is 12.4. The molecule has 1 aromatic carbocycles. The van der Waals surface area contributed by atoms with Gasteiger partial charge in [0.2, 0.25) is 0 Å². The number of hydrogen-bond acceptors (Lipinski definition) is 4. The number of hydrazine groups is 1. The lowest BCUT2D eigenvalue weighted by Crippen LogP contribution is -2.42. The summed E-state index contributed by atoms with van der Waals surface area (Å²) < 4.78 is 0.169. The summed E-state index contributed by atoms with van der Waals surface area (Å²) in [5.41, 5.74) is 3.61. The molecule has 6 heteroatoms. The van der Waals surface area contributed by atoms with Gasteiger partial charge < -0.3 is 10.7 Å². The molecule has 2 rings (SSSR count). The molecule has 1 aliphatic rings. The minimum Gasteiger partial charge on any atom is -0.351 e. The van der Waals surface area contributed by atoms with E-state index in [0.29, 0.717) is 22.8 Å². The molecule has 0 heterocycles. The van der Waals surface area contributed by atoms with Crippen LogP contribution in [-0.4, -0.2) is 23.5 Å². The Bertz CT molecular complexity index is 504. The molecule has 0 bridgehead atoms. The van der Waals surface area contributed by atoms with Crippen molar-refractivity contribution in [1.82, 2.24) is 5.32 Å². The maximum absolute atomic E-state index is 12.4. The second kappa shape index (κ2) is 7.38. The van der Waals surface area contributed by atoms with Gasteiger partial charge in [0.1, 0.15) is 0 Å². The number of nitrogens with one attached hydrogen (secondary N) is 2. The van der Waals surface area contributed by atoms with Crippen LogP contribution >= 0.6 is 23.4 Å². The first kappa shape index (κ1) is 16.5. The predicted octanol–water partition coefficient (Wildman–Crippen LogP) is 3.42. The van der Waals surface area contributed by atoms with Crippen LogP contribution in [0.1, 0.15) is 42.5 Å². The summed E-state index contributed by atoms with van der Waals surface area (Å²) in [6.45, 7) is 0.684. The Hall–Kier alpha value is -0.910. The van der Waals surface area contributed by atoms with E-state index < -0.39 is 0 Å². The molecule has 21 heavy (non-hydrogen) atoms. The van der Waals surface area contributed by atoms with Crippen molar-refractivity contribution < 1.29 is 4.79 Å². The molecule has 1 saturated carbocycles. The first-order chi connectivity index (χ1) is 10.1. The Balaban J connectivity index is 2.06. The number of amides is 1. The Morgan fingerprint density at radius 1 is 1.38 bits per heavy atom. The summed E-state index contributed by atoms with van der Waals surface area (Å²) in [5, 5.41) is 3.57. The summed E-state index contributed by atoms with van der Waals surface area (Å²) in [5.74, 6) is 5.32. The Labute approximate surface area is 135 Å². The van der Waals surface area contributed by atoms with Crippen LogP contribution in [0.25, 0.3) is 0 Å². The fourth-order valence-electron chi connectivity index (χ4n) is 2.82. The number of hydrogen-bond donors (Lipinski definition) is 3. The first-order valence-corrected chi connectivity index (χ1v) is 8.80. The smallest absolute Gasteiger partial charge is 0.253 e. The van der Waals surface area contributed by atoms with Gasteiger partial charge in [0.15, 0.2) is 0 Å². The number of carbonyl (C=O) groups excluding carboxylic acids is 1. The monoisotopic (exact) mass is 327 g/mol. The van der Waals surface area contributed by atoms with E-state index in [-0.39, 0.29) is 10.7 Å². The highest BCUT2D eigenvalue weighted by molar-refractivity contribution is 8.00.